The van der Waals surface area contributed by atoms with E-state index >= 15 is 0 Å². The van der Waals surface area contributed by atoms with Crippen LogP contribution in [0.15, 0.2) is 24.3 Å². The van der Waals surface area contributed by atoms with Gasteiger partial charge in [0.2, 0.25) is 0 Å². The van der Waals surface area contributed by atoms with Crippen molar-refractivity contribution in [1.82, 2.24) is 0 Å². The van der Waals surface area contributed by atoms with Gasteiger partial charge in [-0.25, -0.2) is 0 Å². The summed E-state index contributed by atoms with van der Waals surface area (Å²) in [4.78, 5) is 0. The maximum Gasteiger partial charge on any atom is 0.145 e. The third-order valence-electron chi connectivity index (χ3n) is 2.19. The fraction of sp³-hybridized carbons (Fsp3) is 0.462. The van der Waals surface area contributed by atoms with Crippen molar-refractivity contribution in [1.29, 1.82) is 5.26 Å². The Morgan fingerprint density at radius 3 is 2.59 bits per heavy atom. The molecule has 3 nitrogen and oxygen atoms in total. The summed E-state index contributed by atoms with van der Waals surface area (Å²) in [7, 11) is 0. The largest absolute Gasteiger partial charge is 0.494 e. The molecule has 1 unspecified atom stereocenters. The Hall–Kier alpha value is -1.24. The van der Waals surface area contributed by atoms with Gasteiger partial charge >= 0.3 is 0 Å². The first-order valence-corrected chi connectivity index (χ1v) is 6.05. The molecule has 4 heteroatoms. The summed E-state index contributed by atoms with van der Waals surface area (Å²) >= 11 is 5.79. The average Bonchev–Trinajstić information content (AvgIpc) is 2.38. The molecule has 0 spiro atoms. The second kappa shape index (κ2) is 7.94. The zero-order chi connectivity index (χ0) is 12.5. The highest BCUT2D eigenvalue weighted by Crippen LogP contribution is 2.21. The van der Waals surface area contributed by atoms with Crippen molar-refractivity contribution in [2.45, 2.75) is 18.7 Å². The smallest absolute Gasteiger partial charge is 0.145 e. The Kier molecular flexibility index (Phi) is 6.46. The molecule has 17 heavy (non-hydrogen) atoms. The number of ether oxygens (including phenoxy) is 2. The minimum Gasteiger partial charge on any atom is -0.494 e. The molecule has 1 aromatic rings. The van der Waals surface area contributed by atoms with Crippen molar-refractivity contribution >= 4 is 11.6 Å². The quantitative estimate of drug-likeness (QED) is 0.553. The number of alkyl halides is 1. The molecule has 0 fully saturated rings. The second-order valence-corrected chi connectivity index (χ2v) is 3.90. The Balaban J connectivity index is 2.33. The Morgan fingerprint density at radius 1 is 1.29 bits per heavy atom. The van der Waals surface area contributed by atoms with Crippen molar-refractivity contribution in [2.24, 2.45) is 0 Å². The molecule has 0 aliphatic heterocycles. The normalized spacial score (nSPS) is 11.8. The summed E-state index contributed by atoms with van der Waals surface area (Å²) in [6.45, 7) is 4.05. The lowest BCUT2D eigenvalue weighted by Gasteiger charge is -2.07. The molecule has 0 N–H and O–H groups in total. The molecule has 0 bridgehead atoms. The van der Waals surface area contributed by atoms with E-state index in [-0.39, 0.29) is 0 Å². The van der Waals surface area contributed by atoms with Gasteiger partial charge in [-0.3, -0.25) is 0 Å². The number of hydrogen-bond acceptors (Lipinski definition) is 3. The maximum absolute atomic E-state index is 8.65. The van der Waals surface area contributed by atoms with E-state index < -0.39 is 5.38 Å². The summed E-state index contributed by atoms with van der Waals surface area (Å²) in [5, 5.41) is 8.06. The van der Waals surface area contributed by atoms with Gasteiger partial charge in [-0.05, 0) is 24.6 Å². The molecule has 0 heterocycles. The summed E-state index contributed by atoms with van der Waals surface area (Å²) < 4.78 is 10.7. The first-order valence-electron chi connectivity index (χ1n) is 5.62. The van der Waals surface area contributed by atoms with Gasteiger partial charge in [0, 0.05) is 19.6 Å². The number of nitriles is 1. The van der Waals surface area contributed by atoms with Crippen molar-refractivity contribution in [2.75, 3.05) is 19.8 Å². The summed E-state index contributed by atoms with van der Waals surface area (Å²) in [5.41, 5.74) is 0.788. The molecule has 0 saturated carbocycles. The van der Waals surface area contributed by atoms with E-state index in [0.29, 0.717) is 13.2 Å². The Labute approximate surface area is 107 Å². The van der Waals surface area contributed by atoms with Crippen LogP contribution in [0.1, 0.15) is 24.3 Å². The van der Waals surface area contributed by atoms with E-state index in [4.69, 9.17) is 26.3 Å². The number of hydrogen-bond donors (Lipinski definition) is 0. The predicted octanol–water partition coefficient (Wildman–Crippen LogP) is 3.30. The van der Waals surface area contributed by atoms with Gasteiger partial charge in [0.1, 0.15) is 11.1 Å². The number of nitrogens with zero attached hydrogens (tertiary/aromatic N) is 1. The van der Waals surface area contributed by atoms with Gasteiger partial charge < -0.3 is 9.47 Å². The molecule has 0 aliphatic carbocycles. The molecular formula is C13H16ClNO2. The third-order valence-corrected chi connectivity index (χ3v) is 2.54. The Bertz CT molecular complexity index is 359. The van der Waals surface area contributed by atoms with E-state index in [0.717, 1.165) is 24.3 Å². The molecule has 0 radical (unpaired) electrons. The van der Waals surface area contributed by atoms with Gasteiger partial charge in [-0.15, -0.1) is 11.6 Å². The van der Waals surface area contributed by atoms with E-state index in [1.165, 1.54) is 0 Å². The van der Waals surface area contributed by atoms with Crippen LogP contribution in [0.4, 0.5) is 0 Å². The average molecular weight is 254 g/mol. The molecule has 1 aromatic carbocycles. The van der Waals surface area contributed by atoms with Crippen LogP contribution in [0.5, 0.6) is 5.75 Å². The number of halogens is 1. The summed E-state index contributed by atoms with van der Waals surface area (Å²) in [5.74, 6) is 0.784. The monoisotopic (exact) mass is 253 g/mol. The zero-order valence-corrected chi connectivity index (χ0v) is 10.6. The van der Waals surface area contributed by atoms with Gasteiger partial charge in [0.15, 0.2) is 0 Å². The van der Waals surface area contributed by atoms with Crippen molar-refractivity contribution in [3.05, 3.63) is 29.8 Å². The Morgan fingerprint density at radius 2 is 2.00 bits per heavy atom. The highest BCUT2D eigenvalue weighted by molar-refractivity contribution is 6.22. The molecular weight excluding hydrogens is 238 g/mol. The molecule has 0 aliphatic rings. The predicted molar refractivity (Wildman–Crippen MR) is 67.3 cm³/mol. The lowest BCUT2D eigenvalue weighted by molar-refractivity contribution is 0.131. The SMILES string of the molecule is CCOCCCOc1ccc(C(Cl)C#N)cc1. The van der Waals surface area contributed by atoms with E-state index in [9.17, 15) is 0 Å². The van der Waals surface area contributed by atoms with Crippen LogP contribution < -0.4 is 4.74 Å². The van der Waals surface area contributed by atoms with Crippen molar-refractivity contribution in [3.8, 4) is 11.8 Å². The summed E-state index contributed by atoms with van der Waals surface area (Å²) in [6, 6.07) is 9.23. The van der Waals surface area contributed by atoms with Crippen LogP contribution in [-0.4, -0.2) is 19.8 Å². The topological polar surface area (TPSA) is 42.2 Å². The zero-order valence-electron chi connectivity index (χ0n) is 9.86. The van der Waals surface area contributed by atoms with Crippen LogP contribution >= 0.6 is 11.6 Å². The lowest BCUT2D eigenvalue weighted by Crippen LogP contribution is -2.02. The van der Waals surface area contributed by atoms with Gasteiger partial charge in [-0.2, -0.15) is 5.26 Å². The highest BCUT2D eigenvalue weighted by atomic mass is 35.5. The minimum atomic E-state index is -0.595. The van der Waals surface area contributed by atoms with Crippen LogP contribution in [0, 0.1) is 11.3 Å². The molecule has 0 amide bonds. The molecule has 1 rings (SSSR count). The first kappa shape index (κ1) is 13.8. The fourth-order valence-corrected chi connectivity index (χ4v) is 1.45. The van der Waals surface area contributed by atoms with E-state index in [2.05, 4.69) is 0 Å². The van der Waals surface area contributed by atoms with Crippen LogP contribution in [-0.2, 0) is 4.74 Å². The molecule has 0 saturated heterocycles. The molecule has 1 atom stereocenters. The molecule has 0 aromatic heterocycles. The van der Waals surface area contributed by atoms with Gasteiger partial charge in [0.05, 0.1) is 12.7 Å². The van der Waals surface area contributed by atoms with Crippen LogP contribution in [0.2, 0.25) is 0 Å². The highest BCUT2D eigenvalue weighted by Gasteiger charge is 2.05. The van der Waals surface area contributed by atoms with Crippen LogP contribution in [0.3, 0.4) is 0 Å². The maximum atomic E-state index is 8.65. The number of benzene rings is 1. The van der Waals surface area contributed by atoms with Gasteiger partial charge in [0.25, 0.3) is 0 Å². The number of rotatable bonds is 7. The van der Waals surface area contributed by atoms with E-state index in [1.807, 2.05) is 25.1 Å². The molecule has 92 valence electrons. The second-order valence-electron chi connectivity index (χ2n) is 3.46. The van der Waals surface area contributed by atoms with E-state index in [1.54, 1.807) is 12.1 Å². The lowest BCUT2D eigenvalue weighted by atomic mass is 10.1. The fourth-order valence-electron chi connectivity index (χ4n) is 1.30. The summed E-state index contributed by atoms with van der Waals surface area (Å²) in [6.07, 6.45) is 0.867. The van der Waals surface area contributed by atoms with Gasteiger partial charge in [-0.1, -0.05) is 12.1 Å². The van der Waals surface area contributed by atoms with Crippen molar-refractivity contribution < 1.29 is 9.47 Å². The standard InChI is InChI=1S/C13H16ClNO2/c1-2-16-8-3-9-17-12-6-4-11(5-7-12)13(14)10-15/h4-7,13H,2-3,8-9H2,1H3. The van der Waals surface area contributed by atoms with Crippen molar-refractivity contribution in [3.63, 3.8) is 0 Å². The third kappa shape index (κ3) is 5.08. The van der Waals surface area contributed by atoms with Crippen LogP contribution in [0.25, 0.3) is 0 Å². The first-order chi connectivity index (χ1) is 8.27. The minimum absolute atomic E-state index is 0.595.